The standard InChI is InChI=1S/C14H13F3N2.C2H6/c1-2-4-11-5-3-6-12(19-11)10-7-8-13(18-9-10)14(15,16)17;1-2/h3,5-9H,2,4H2,1H3;1-2H3. The molecule has 0 aliphatic rings. The van der Waals surface area contributed by atoms with E-state index in [-0.39, 0.29) is 0 Å². The molecule has 21 heavy (non-hydrogen) atoms. The summed E-state index contributed by atoms with van der Waals surface area (Å²) in [6, 6.07) is 7.90. The van der Waals surface area contributed by atoms with Gasteiger partial charge >= 0.3 is 6.18 Å². The first-order valence-electron chi connectivity index (χ1n) is 7.00. The van der Waals surface area contributed by atoms with Crippen molar-refractivity contribution in [3.63, 3.8) is 0 Å². The van der Waals surface area contributed by atoms with Gasteiger partial charge in [0.25, 0.3) is 0 Å². The molecule has 0 aliphatic heterocycles. The van der Waals surface area contributed by atoms with Crippen LogP contribution in [0.4, 0.5) is 13.2 Å². The Kier molecular flexibility index (Phi) is 6.34. The zero-order valence-corrected chi connectivity index (χ0v) is 12.4. The number of nitrogens with zero attached hydrogens (tertiary/aromatic N) is 2. The third-order valence-corrected chi connectivity index (χ3v) is 2.66. The maximum atomic E-state index is 12.4. The Hall–Kier alpha value is -1.91. The van der Waals surface area contributed by atoms with Gasteiger partial charge in [0, 0.05) is 17.5 Å². The lowest BCUT2D eigenvalue weighted by Gasteiger charge is -2.07. The van der Waals surface area contributed by atoms with Crippen molar-refractivity contribution < 1.29 is 13.2 Å². The molecule has 2 nitrogen and oxygen atoms in total. The van der Waals surface area contributed by atoms with Gasteiger partial charge in [0.05, 0.1) is 5.69 Å². The van der Waals surface area contributed by atoms with Gasteiger partial charge in [-0.25, -0.2) is 0 Å². The van der Waals surface area contributed by atoms with Gasteiger partial charge in [0.15, 0.2) is 0 Å². The first-order chi connectivity index (χ1) is 10.0. The monoisotopic (exact) mass is 296 g/mol. The second-order valence-corrected chi connectivity index (χ2v) is 4.19. The van der Waals surface area contributed by atoms with Gasteiger partial charge in [0.2, 0.25) is 0 Å². The number of hydrogen-bond donors (Lipinski definition) is 0. The van der Waals surface area contributed by atoms with E-state index in [1.807, 2.05) is 32.9 Å². The minimum Gasteiger partial charge on any atom is -0.253 e. The van der Waals surface area contributed by atoms with Crippen molar-refractivity contribution in [2.24, 2.45) is 0 Å². The molecule has 0 saturated heterocycles. The number of aryl methyl sites for hydroxylation is 1. The molecule has 0 N–H and O–H groups in total. The summed E-state index contributed by atoms with van der Waals surface area (Å²) in [5, 5.41) is 0. The zero-order valence-electron chi connectivity index (χ0n) is 12.4. The van der Waals surface area contributed by atoms with Crippen molar-refractivity contribution in [3.05, 3.63) is 47.9 Å². The van der Waals surface area contributed by atoms with Crippen LogP contribution in [0.5, 0.6) is 0 Å². The summed E-state index contributed by atoms with van der Waals surface area (Å²) in [7, 11) is 0. The SMILES string of the molecule is CC.CCCc1cccc(-c2ccc(C(F)(F)F)nc2)n1. The first-order valence-corrected chi connectivity index (χ1v) is 7.00. The van der Waals surface area contributed by atoms with Gasteiger partial charge in [0.1, 0.15) is 5.69 Å². The smallest absolute Gasteiger partial charge is 0.253 e. The van der Waals surface area contributed by atoms with Crippen molar-refractivity contribution in [3.8, 4) is 11.3 Å². The van der Waals surface area contributed by atoms with Gasteiger partial charge in [-0.15, -0.1) is 0 Å². The van der Waals surface area contributed by atoms with E-state index in [2.05, 4.69) is 9.97 Å². The summed E-state index contributed by atoms with van der Waals surface area (Å²) in [5.41, 5.74) is 1.28. The van der Waals surface area contributed by atoms with E-state index in [0.29, 0.717) is 11.3 Å². The summed E-state index contributed by atoms with van der Waals surface area (Å²) in [4.78, 5) is 7.84. The Balaban J connectivity index is 0.00000106. The van der Waals surface area contributed by atoms with E-state index in [1.54, 1.807) is 6.07 Å². The number of hydrogen-bond acceptors (Lipinski definition) is 2. The van der Waals surface area contributed by atoms with Gasteiger partial charge < -0.3 is 0 Å². The molecule has 0 unspecified atom stereocenters. The molecular weight excluding hydrogens is 277 g/mol. The molecule has 0 saturated carbocycles. The second kappa shape index (κ2) is 7.76. The fourth-order valence-corrected chi connectivity index (χ4v) is 1.75. The average molecular weight is 296 g/mol. The highest BCUT2D eigenvalue weighted by Gasteiger charge is 2.32. The van der Waals surface area contributed by atoms with Crippen molar-refractivity contribution in [1.82, 2.24) is 9.97 Å². The highest BCUT2D eigenvalue weighted by Crippen LogP contribution is 2.28. The van der Waals surface area contributed by atoms with Gasteiger partial charge in [-0.3, -0.25) is 9.97 Å². The summed E-state index contributed by atoms with van der Waals surface area (Å²) >= 11 is 0. The molecule has 0 aromatic carbocycles. The largest absolute Gasteiger partial charge is 0.433 e. The highest BCUT2D eigenvalue weighted by molar-refractivity contribution is 5.58. The summed E-state index contributed by atoms with van der Waals surface area (Å²) < 4.78 is 37.2. The van der Waals surface area contributed by atoms with Crippen LogP contribution in [0.2, 0.25) is 0 Å². The fourth-order valence-electron chi connectivity index (χ4n) is 1.75. The number of aromatic nitrogens is 2. The van der Waals surface area contributed by atoms with Gasteiger partial charge in [-0.1, -0.05) is 33.3 Å². The molecule has 2 heterocycles. The molecular formula is C16H19F3N2. The molecule has 0 bridgehead atoms. The lowest BCUT2D eigenvalue weighted by atomic mass is 10.1. The van der Waals surface area contributed by atoms with Crippen LogP contribution >= 0.6 is 0 Å². The summed E-state index contributed by atoms with van der Waals surface area (Å²) in [5.74, 6) is 0. The normalized spacial score (nSPS) is 10.8. The molecule has 0 radical (unpaired) electrons. The maximum Gasteiger partial charge on any atom is 0.433 e. The molecule has 5 heteroatoms. The lowest BCUT2D eigenvalue weighted by molar-refractivity contribution is -0.141. The Labute approximate surface area is 123 Å². The molecule has 0 spiro atoms. The van der Waals surface area contributed by atoms with Crippen molar-refractivity contribution in [2.75, 3.05) is 0 Å². The zero-order chi connectivity index (χ0) is 15.9. The Morgan fingerprint density at radius 2 is 1.76 bits per heavy atom. The topological polar surface area (TPSA) is 25.8 Å². The quantitative estimate of drug-likeness (QED) is 0.783. The minimum absolute atomic E-state index is 0.589. The molecule has 0 atom stereocenters. The van der Waals surface area contributed by atoms with Gasteiger partial charge in [-0.2, -0.15) is 13.2 Å². The molecule has 0 amide bonds. The van der Waals surface area contributed by atoms with Crippen molar-refractivity contribution in [1.29, 1.82) is 0 Å². The van der Waals surface area contributed by atoms with E-state index < -0.39 is 11.9 Å². The molecule has 2 aromatic rings. The second-order valence-electron chi connectivity index (χ2n) is 4.19. The Bertz CT molecular complexity index is 548. The van der Waals surface area contributed by atoms with Crippen LogP contribution in [-0.4, -0.2) is 9.97 Å². The lowest BCUT2D eigenvalue weighted by Crippen LogP contribution is -2.07. The predicted molar refractivity (Wildman–Crippen MR) is 77.8 cm³/mol. The van der Waals surface area contributed by atoms with Crippen LogP contribution in [0.1, 0.15) is 38.6 Å². The van der Waals surface area contributed by atoms with Crippen LogP contribution in [0, 0.1) is 0 Å². The number of alkyl halides is 3. The molecule has 0 aliphatic carbocycles. The van der Waals surface area contributed by atoms with E-state index >= 15 is 0 Å². The third kappa shape index (κ3) is 4.85. The van der Waals surface area contributed by atoms with Gasteiger partial charge in [-0.05, 0) is 30.7 Å². The Morgan fingerprint density at radius 1 is 1.05 bits per heavy atom. The first kappa shape index (κ1) is 17.1. The van der Waals surface area contributed by atoms with Crippen LogP contribution in [0.25, 0.3) is 11.3 Å². The van der Waals surface area contributed by atoms with Crippen molar-refractivity contribution in [2.45, 2.75) is 39.8 Å². The fraction of sp³-hybridized carbons (Fsp3) is 0.375. The molecule has 0 fully saturated rings. The summed E-state index contributed by atoms with van der Waals surface area (Å²) in [6.45, 7) is 6.05. The predicted octanol–water partition coefficient (Wildman–Crippen LogP) is 5.14. The van der Waals surface area contributed by atoms with Crippen LogP contribution in [0.15, 0.2) is 36.5 Å². The van der Waals surface area contributed by atoms with Crippen LogP contribution in [-0.2, 0) is 12.6 Å². The van der Waals surface area contributed by atoms with E-state index in [1.165, 1.54) is 12.3 Å². The maximum absolute atomic E-state index is 12.4. The van der Waals surface area contributed by atoms with Crippen LogP contribution in [0.3, 0.4) is 0 Å². The average Bonchev–Trinajstić information content (AvgIpc) is 2.49. The number of rotatable bonds is 3. The number of halogens is 3. The molecule has 114 valence electrons. The minimum atomic E-state index is -4.41. The summed E-state index contributed by atoms with van der Waals surface area (Å²) in [6.07, 6.45) is -1.37. The number of pyridine rings is 2. The Morgan fingerprint density at radius 3 is 2.29 bits per heavy atom. The van der Waals surface area contributed by atoms with Crippen molar-refractivity contribution >= 4 is 0 Å². The van der Waals surface area contributed by atoms with Crippen LogP contribution < -0.4 is 0 Å². The molecule has 2 aromatic heterocycles. The third-order valence-electron chi connectivity index (χ3n) is 2.66. The highest BCUT2D eigenvalue weighted by atomic mass is 19.4. The van der Waals surface area contributed by atoms with E-state index in [0.717, 1.165) is 24.6 Å². The van der Waals surface area contributed by atoms with E-state index in [4.69, 9.17) is 0 Å². The molecule has 2 rings (SSSR count). The van der Waals surface area contributed by atoms with E-state index in [9.17, 15) is 13.2 Å².